The first-order chi connectivity index (χ1) is 5.20. The highest BCUT2D eigenvalue weighted by molar-refractivity contribution is 4.94. The molecule has 2 aliphatic rings. The van der Waals surface area contributed by atoms with Gasteiger partial charge in [0.1, 0.15) is 0 Å². The van der Waals surface area contributed by atoms with E-state index in [0.717, 1.165) is 11.3 Å². The van der Waals surface area contributed by atoms with Crippen molar-refractivity contribution in [2.75, 3.05) is 20.1 Å². The molecule has 64 valence electrons. The van der Waals surface area contributed by atoms with Crippen LogP contribution in [0.5, 0.6) is 0 Å². The van der Waals surface area contributed by atoms with Gasteiger partial charge in [0.05, 0.1) is 0 Å². The lowest BCUT2D eigenvalue weighted by molar-refractivity contribution is 0.00612. The van der Waals surface area contributed by atoms with Crippen molar-refractivity contribution in [2.24, 2.45) is 11.3 Å². The molecule has 1 nitrogen and oxygen atoms in total. The Bertz CT molecular complexity index is 137. The van der Waals surface area contributed by atoms with E-state index in [4.69, 9.17) is 0 Å². The van der Waals surface area contributed by atoms with E-state index < -0.39 is 0 Å². The standard InChI is InChI=1S/C10H19N/c1-9-6-10(4-3-5-10)8-11(2)7-9/h9H,3-8H2,1-2H3/t9-/m0/s1. The molecule has 2 rings (SSSR count). The molecular formula is C10H19N. The Hall–Kier alpha value is -0.0400. The molecule has 0 aromatic heterocycles. The van der Waals surface area contributed by atoms with Gasteiger partial charge in [-0.1, -0.05) is 13.3 Å². The van der Waals surface area contributed by atoms with Crippen LogP contribution in [0.25, 0.3) is 0 Å². The van der Waals surface area contributed by atoms with Crippen molar-refractivity contribution in [3.63, 3.8) is 0 Å². The monoisotopic (exact) mass is 153 g/mol. The Morgan fingerprint density at radius 2 is 2.09 bits per heavy atom. The topological polar surface area (TPSA) is 3.24 Å². The Morgan fingerprint density at radius 3 is 2.55 bits per heavy atom. The number of hydrogen-bond acceptors (Lipinski definition) is 1. The lowest BCUT2D eigenvalue weighted by atomic mass is 9.62. The Morgan fingerprint density at radius 1 is 1.36 bits per heavy atom. The summed E-state index contributed by atoms with van der Waals surface area (Å²) in [6, 6.07) is 0. The van der Waals surface area contributed by atoms with Gasteiger partial charge in [0.25, 0.3) is 0 Å². The van der Waals surface area contributed by atoms with Crippen LogP contribution >= 0.6 is 0 Å². The molecule has 1 aliphatic heterocycles. The molecule has 1 saturated heterocycles. The summed E-state index contributed by atoms with van der Waals surface area (Å²) in [5.41, 5.74) is 0.770. The third-order valence-electron chi connectivity index (χ3n) is 3.42. The average Bonchev–Trinajstić information content (AvgIpc) is 1.82. The first-order valence-electron chi connectivity index (χ1n) is 4.89. The summed E-state index contributed by atoms with van der Waals surface area (Å²) in [6.07, 6.45) is 5.99. The maximum absolute atomic E-state index is 2.52. The summed E-state index contributed by atoms with van der Waals surface area (Å²) in [5, 5.41) is 0. The highest BCUT2D eigenvalue weighted by Gasteiger charge is 2.41. The molecule has 2 fully saturated rings. The average molecular weight is 153 g/mol. The van der Waals surface area contributed by atoms with Crippen molar-refractivity contribution in [1.82, 2.24) is 4.90 Å². The van der Waals surface area contributed by atoms with Crippen LogP contribution in [-0.2, 0) is 0 Å². The predicted octanol–water partition coefficient (Wildman–Crippen LogP) is 2.13. The van der Waals surface area contributed by atoms with Gasteiger partial charge >= 0.3 is 0 Å². The van der Waals surface area contributed by atoms with Crippen molar-refractivity contribution >= 4 is 0 Å². The van der Waals surface area contributed by atoms with Crippen LogP contribution in [0.3, 0.4) is 0 Å². The van der Waals surface area contributed by atoms with Crippen molar-refractivity contribution in [2.45, 2.75) is 32.6 Å². The maximum Gasteiger partial charge on any atom is 0.00351 e. The smallest absolute Gasteiger partial charge is 0.00351 e. The van der Waals surface area contributed by atoms with Gasteiger partial charge < -0.3 is 4.90 Å². The zero-order valence-corrected chi connectivity index (χ0v) is 7.77. The first-order valence-corrected chi connectivity index (χ1v) is 4.89. The Labute approximate surface area is 69.8 Å². The van der Waals surface area contributed by atoms with Crippen molar-refractivity contribution < 1.29 is 0 Å². The van der Waals surface area contributed by atoms with Gasteiger partial charge in [-0.15, -0.1) is 0 Å². The highest BCUT2D eigenvalue weighted by atomic mass is 15.1. The van der Waals surface area contributed by atoms with E-state index in [1.54, 1.807) is 0 Å². The van der Waals surface area contributed by atoms with Gasteiger partial charge in [0.2, 0.25) is 0 Å². The van der Waals surface area contributed by atoms with Gasteiger partial charge in [-0.25, -0.2) is 0 Å². The fourth-order valence-electron chi connectivity index (χ4n) is 3.08. The molecule has 1 spiro atoms. The fourth-order valence-corrected chi connectivity index (χ4v) is 3.08. The molecule has 0 amide bonds. The van der Waals surface area contributed by atoms with E-state index in [1.165, 1.54) is 38.8 Å². The van der Waals surface area contributed by atoms with Crippen molar-refractivity contribution in [3.05, 3.63) is 0 Å². The molecule has 1 atom stereocenters. The van der Waals surface area contributed by atoms with Crippen LogP contribution in [0.1, 0.15) is 32.6 Å². The van der Waals surface area contributed by atoms with Gasteiger partial charge in [-0.2, -0.15) is 0 Å². The minimum absolute atomic E-state index is 0.770. The quantitative estimate of drug-likeness (QED) is 0.515. The number of hydrogen-bond donors (Lipinski definition) is 0. The van der Waals surface area contributed by atoms with Gasteiger partial charge in [0, 0.05) is 13.1 Å². The molecule has 1 heteroatoms. The Balaban J connectivity index is 2.00. The zero-order chi connectivity index (χ0) is 7.90. The molecule has 0 radical (unpaired) electrons. The predicted molar refractivity (Wildman–Crippen MR) is 47.6 cm³/mol. The second-order valence-electron chi connectivity index (χ2n) is 4.86. The molecule has 0 aromatic rings. The van der Waals surface area contributed by atoms with Crippen molar-refractivity contribution in [1.29, 1.82) is 0 Å². The van der Waals surface area contributed by atoms with Crippen LogP contribution in [0.2, 0.25) is 0 Å². The van der Waals surface area contributed by atoms with Gasteiger partial charge in [-0.05, 0) is 37.6 Å². The first kappa shape index (κ1) is 7.60. The van der Waals surface area contributed by atoms with Crippen LogP contribution in [0.4, 0.5) is 0 Å². The minimum atomic E-state index is 0.770. The maximum atomic E-state index is 2.52. The SMILES string of the molecule is C[C@@H]1CN(C)CC2(CCC2)C1. The Kier molecular flexibility index (Phi) is 1.71. The summed E-state index contributed by atoms with van der Waals surface area (Å²) in [6.45, 7) is 5.09. The molecule has 0 unspecified atom stereocenters. The van der Waals surface area contributed by atoms with Crippen molar-refractivity contribution in [3.8, 4) is 0 Å². The number of nitrogens with zero attached hydrogens (tertiary/aromatic N) is 1. The third kappa shape index (κ3) is 1.31. The molecule has 0 bridgehead atoms. The van der Waals surface area contributed by atoms with Crippen LogP contribution in [0, 0.1) is 11.3 Å². The van der Waals surface area contributed by atoms with E-state index in [2.05, 4.69) is 18.9 Å². The van der Waals surface area contributed by atoms with E-state index in [9.17, 15) is 0 Å². The molecule has 0 aromatic carbocycles. The second kappa shape index (κ2) is 2.48. The summed E-state index contributed by atoms with van der Waals surface area (Å²) < 4.78 is 0. The zero-order valence-electron chi connectivity index (χ0n) is 7.77. The third-order valence-corrected chi connectivity index (χ3v) is 3.42. The molecule has 11 heavy (non-hydrogen) atoms. The fraction of sp³-hybridized carbons (Fsp3) is 1.00. The number of likely N-dealkylation sites (tertiary alicyclic amines) is 1. The van der Waals surface area contributed by atoms with Crippen LogP contribution in [-0.4, -0.2) is 25.0 Å². The van der Waals surface area contributed by atoms with E-state index >= 15 is 0 Å². The second-order valence-corrected chi connectivity index (χ2v) is 4.86. The summed E-state index contributed by atoms with van der Waals surface area (Å²) in [4.78, 5) is 2.52. The highest BCUT2D eigenvalue weighted by Crippen LogP contribution is 2.48. The molecule has 1 saturated carbocycles. The molecular weight excluding hydrogens is 134 g/mol. The van der Waals surface area contributed by atoms with Gasteiger partial charge in [-0.3, -0.25) is 0 Å². The van der Waals surface area contributed by atoms with Crippen LogP contribution < -0.4 is 0 Å². The van der Waals surface area contributed by atoms with Gasteiger partial charge in [0.15, 0.2) is 0 Å². The summed E-state index contributed by atoms with van der Waals surface area (Å²) in [5.74, 6) is 0.939. The summed E-state index contributed by atoms with van der Waals surface area (Å²) >= 11 is 0. The lowest BCUT2D eigenvalue weighted by Crippen LogP contribution is -2.48. The number of rotatable bonds is 0. The largest absolute Gasteiger partial charge is 0.306 e. The van der Waals surface area contributed by atoms with Crippen LogP contribution in [0.15, 0.2) is 0 Å². The van der Waals surface area contributed by atoms with E-state index in [-0.39, 0.29) is 0 Å². The lowest BCUT2D eigenvalue weighted by Gasteiger charge is -2.50. The molecule has 1 aliphatic carbocycles. The molecule has 0 N–H and O–H groups in total. The minimum Gasteiger partial charge on any atom is -0.306 e. The number of piperidine rings is 1. The summed E-state index contributed by atoms with van der Waals surface area (Å²) in [7, 11) is 2.27. The molecule has 1 heterocycles. The normalized spacial score (nSPS) is 37.1. The van der Waals surface area contributed by atoms with E-state index in [1.807, 2.05) is 0 Å². The van der Waals surface area contributed by atoms with E-state index in [0.29, 0.717) is 0 Å².